The Morgan fingerprint density at radius 2 is 2.00 bits per heavy atom. The van der Waals surface area contributed by atoms with E-state index in [1.165, 1.54) is 0 Å². The molecule has 1 heterocycles. The zero-order valence-electron chi connectivity index (χ0n) is 11.3. The molecule has 5 nitrogen and oxygen atoms in total. The van der Waals surface area contributed by atoms with Gasteiger partial charge in [0.05, 0.1) is 12.2 Å². The van der Waals surface area contributed by atoms with E-state index < -0.39 is 10.0 Å². The van der Waals surface area contributed by atoms with Crippen LogP contribution >= 0.6 is 0 Å². The van der Waals surface area contributed by atoms with Crippen molar-refractivity contribution in [1.29, 1.82) is 0 Å². The number of hydrogen-bond donors (Lipinski definition) is 1. The smallest absolute Gasteiger partial charge is 0.244 e. The summed E-state index contributed by atoms with van der Waals surface area (Å²) in [5.74, 6) is 0. The highest BCUT2D eigenvalue weighted by atomic mass is 32.2. The van der Waals surface area contributed by atoms with Crippen LogP contribution in [0, 0.1) is 6.92 Å². The molecular formula is C14H17N3O2S. The maximum atomic E-state index is 12.2. The molecule has 0 aliphatic heterocycles. The third-order valence-electron chi connectivity index (χ3n) is 3.28. The molecule has 1 aromatic heterocycles. The van der Waals surface area contributed by atoms with Crippen LogP contribution in [-0.4, -0.2) is 24.2 Å². The minimum absolute atomic E-state index is 0.108. The molecule has 106 valence electrons. The van der Waals surface area contributed by atoms with Crippen molar-refractivity contribution in [3.05, 3.63) is 47.8 Å². The van der Waals surface area contributed by atoms with E-state index in [4.69, 9.17) is 0 Å². The summed E-state index contributed by atoms with van der Waals surface area (Å²) in [4.78, 5) is 0.278. The standard InChI is InChI=1S/C14H17N3O2S/c1-11-14(20(18,19)16-13-7-8-13)10-17(15-11)9-12-5-3-2-4-6-12/h2-6,10,13,16H,7-9H2,1H3. The first kappa shape index (κ1) is 13.3. The van der Waals surface area contributed by atoms with Crippen LogP contribution in [0.2, 0.25) is 0 Å². The monoisotopic (exact) mass is 291 g/mol. The Hall–Kier alpha value is -1.66. The van der Waals surface area contributed by atoms with Gasteiger partial charge in [0.2, 0.25) is 10.0 Å². The predicted molar refractivity (Wildman–Crippen MR) is 75.9 cm³/mol. The zero-order valence-corrected chi connectivity index (χ0v) is 12.1. The number of nitrogens with zero attached hydrogens (tertiary/aromatic N) is 2. The van der Waals surface area contributed by atoms with E-state index in [2.05, 4.69) is 9.82 Å². The number of benzene rings is 1. The topological polar surface area (TPSA) is 64.0 Å². The van der Waals surface area contributed by atoms with Crippen molar-refractivity contribution in [2.75, 3.05) is 0 Å². The molecule has 20 heavy (non-hydrogen) atoms. The third-order valence-corrected chi connectivity index (χ3v) is 4.90. The van der Waals surface area contributed by atoms with Crippen molar-refractivity contribution >= 4 is 10.0 Å². The molecular weight excluding hydrogens is 274 g/mol. The summed E-state index contributed by atoms with van der Waals surface area (Å²) >= 11 is 0. The van der Waals surface area contributed by atoms with Gasteiger partial charge in [-0.1, -0.05) is 30.3 Å². The van der Waals surface area contributed by atoms with Gasteiger partial charge in [-0.05, 0) is 25.3 Å². The normalized spacial score (nSPS) is 15.4. The zero-order chi connectivity index (χ0) is 14.2. The predicted octanol–water partition coefficient (Wildman–Crippen LogP) is 1.68. The molecule has 0 radical (unpaired) electrons. The van der Waals surface area contributed by atoms with Crippen molar-refractivity contribution in [2.24, 2.45) is 0 Å². The van der Waals surface area contributed by atoms with E-state index in [0.29, 0.717) is 12.2 Å². The van der Waals surface area contributed by atoms with Gasteiger partial charge in [0.1, 0.15) is 4.90 Å². The molecule has 6 heteroatoms. The molecule has 0 unspecified atom stereocenters. The van der Waals surface area contributed by atoms with Crippen LogP contribution in [0.1, 0.15) is 24.1 Å². The number of aromatic nitrogens is 2. The SMILES string of the molecule is Cc1nn(Cc2ccccc2)cc1S(=O)(=O)NC1CC1. The number of nitrogens with one attached hydrogen (secondary N) is 1. The second kappa shape index (κ2) is 5.03. The first-order chi connectivity index (χ1) is 9.54. The second-order valence-electron chi connectivity index (χ2n) is 5.16. The molecule has 0 atom stereocenters. The lowest BCUT2D eigenvalue weighted by atomic mass is 10.2. The molecule has 2 aromatic rings. The molecule has 0 bridgehead atoms. The molecule has 0 saturated heterocycles. The largest absolute Gasteiger partial charge is 0.267 e. The highest BCUT2D eigenvalue weighted by molar-refractivity contribution is 7.89. The van der Waals surface area contributed by atoms with Gasteiger partial charge in [-0.15, -0.1) is 0 Å². The lowest BCUT2D eigenvalue weighted by Crippen LogP contribution is -2.25. The minimum atomic E-state index is -3.43. The van der Waals surface area contributed by atoms with E-state index in [-0.39, 0.29) is 10.9 Å². The van der Waals surface area contributed by atoms with E-state index in [1.54, 1.807) is 17.8 Å². The highest BCUT2D eigenvalue weighted by Crippen LogP contribution is 2.23. The first-order valence-corrected chi connectivity index (χ1v) is 8.13. The summed E-state index contributed by atoms with van der Waals surface area (Å²) in [6, 6.07) is 9.96. The van der Waals surface area contributed by atoms with Crippen molar-refractivity contribution in [1.82, 2.24) is 14.5 Å². The van der Waals surface area contributed by atoms with E-state index in [1.807, 2.05) is 30.3 Å². The number of aryl methyl sites for hydroxylation is 1. The Kier molecular flexibility index (Phi) is 3.35. The van der Waals surface area contributed by atoms with Gasteiger partial charge in [0.25, 0.3) is 0 Å². The Bertz CT molecular complexity index is 703. The van der Waals surface area contributed by atoms with Crippen molar-refractivity contribution < 1.29 is 8.42 Å². The fourth-order valence-electron chi connectivity index (χ4n) is 2.10. The Labute approximate surface area is 118 Å². The molecule has 1 N–H and O–H groups in total. The quantitative estimate of drug-likeness (QED) is 0.911. The van der Waals surface area contributed by atoms with Crippen LogP contribution in [0.25, 0.3) is 0 Å². The van der Waals surface area contributed by atoms with Gasteiger partial charge in [0.15, 0.2) is 0 Å². The number of rotatable bonds is 5. The first-order valence-electron chi connectivity index (χ1n) is 6.65. The fourth-order valence-corrected chi connectivity index (χ4v) is 3.59. The van der Waals surface area contributed by atoms with Crippen molar-refractivity contribution in [2.45, 2.75) is 37.2 Å². The molecule has 1 aliphatic rings. The molecule has 1 aromatic carbocycles. The number of sulfonamides is 1. The van der Waals surface area contributed by atoms with Gasteiger partial charge >= 0.3 is 0 Å². The maximum Gasteiger partial charge on any atom is 0.244 e. The van der Waals surface area contributed by atoms with E-state index in [9.17, 15) is 8.42 Å². The molecule has 1 aliphatic carbocycles. The van der Waals surface area contributed by atoms with Crippen LogP contribution in [0.3, 0.4) is 0 Å². The maximum absolute atomic E-state index is 12.2. The summed E-state index contributed by atoms with van der Waals surface area (Å²) in [6.07, 6.45) is 3.46. The summed E-state index contributed by atoms with van der Waals surface area (Å²) in [5.41, 5.74) is 1.63. The van der Waals surface area contributed by atoms with Gasteiger partial charge in [0, 0.05) is 12.2 Å². The summed E-state index contributed by atoms with van der Waals surface area (Å²) in [5, 5.41) is 4.30. The molecule has 0 amide bonds. The third kappa shape index (κ3) is 2.91. The lowest BCUT2D eigenvalue weighted by molar-refractivity contribution is 0.580. The van der Waals surface area contributed by atoms with Crippen LogP contribution in [0.4, 0.5) is 0 Å². The molecule has 1 saturated carbocycles. The average molecular weight is 291 g/mol. The van der Waals surface area contributed by atoms with Crippen LogP contribution < -0.4 is 4.72 Å². The van der Waals surface area contributed by atoms with Gasteiger partial charge in [-0.2, -0.15) is 5.10 Å². The van der Waals surface area contributed by atoms with Gasteiger partial charge in [-0.3, -0.25) is 4.68 Å². The summed E-state index contributed by atoms with van der Waals surface area (Å²) in [6.45, 7) is 2.30. The Morgan fingerprint density at radius 1 is 1.30 bits per heavy atom. The van der Waals surface area contributed by atoms with Gasteiger partial charge in [-0.25, -0.2) is 13.1 Å². The summed E-state index contributed by atoms with van der Waals surface area (Å²) in [7, 11) is -3.43. The summed E-state index contributed by atoms with van der Waals surface area (Å²) < 4.78 is 28.8. The molecule has 0 spiro atoms. The molecule has 3 rings (SSSR count). The highest BCUT2D eigenvalue weighted by Gasteiger charge is 2.30. The van der Waals surface area contributed by atoms with Crippen molar-refractivity contribution in [3.8, 4) is 0 Å². The van der Waals surface area contributed by atoms with Gasteiger partial charge < -0.3 is 0 Å². The van der Waals surface area contributed by atoms with Crippen molar-refractivity contribution in [3.63, 3.8) is 0 Å². The Balaban J connectivity index is 1.83. The second-order valence-corrected chi connectivity index (χ2v) is 6.84. The molecule has 1 fully saturated rings. The van der Waals surface area contributed by atoms with E-state index in [0.717, 1.165) is 18.4 Å². The van der Waals surface area contributed by atoms with E-state index >= 15 is 0 Å². The van der Waals surface area contributed by atoms with Crippen LogP contribution in [0.5, 0.6) is 0 Å². The minimum Gasteiger partial charge on any atom is -0.267 e. The Morgan fingerprint density at radius 3 is 2.65 bits per heavy atom. The average Bonchev–Trinajstić information content (AvgIpc) is 3.12. The van der Waals surface area contributed by atoms with Crippen LogP contribution in [0.15, 0.2) is 41.4 Å². The number of hydrogen-bond acceptors (Lipinski definition) is 3. The lowest BCUT2D eigenvalue weighted by Gasteiger charge is -2.03. The van der Waals surface area contributed by atoms with Crippen LogP contribution in [-0.2, 0) is 16.6 Å². The fraction of sp³-hybridized carbons (Fsp3) is 0.357.